The molecule has 0 saturated heterocycles. The van der Waals surface area contributed by atoms with Crippen LogP contribution in [0.3, 0.4) is 0 Å². The summed E-state index contributed by atoms with van der Waals surface area (Å²) in [4.78, 5) is 36.4. The first kappa shape index (κ1) is 18.8. The van der Waals surface area contributed by atoms with E-state index in [1.54, 1.807) is 18.2 Å². The molecular weight excluding hydrogens is 349 g/mol. The van der Waals surface area contributed by atoms with E-state index in [2.05, 4.69) is 5.32 Å². The van der Waals surface area contributed by atoms with Gasteiger partial charge in [-0.1, -0.05) is 0 Å². The summed E-state index contributed by atoms with van der Waals surface area (Å²) >= 11 is 0. The highest BCUT2D eigenvalue weighted by atomic mass is 19.1. The maximum Gasteiger partial charge on any atom is 0.224 e. The van der Waals surface area contributed by atoms with Crippen molar-refractivity contribution >= 4 is 23.2 Å². The van der Waals surface area contributed by atoms with E-state index >= 15 is 0 Å². The average molecular weight is 369 g/mol. The normalized spacial score (nSPS) is 14.9. The van der Waals surface area contributed by atoms with Crippen LogP contribution in [0.1, 0.15) is 53.8 Å². The number of hydrogen-bond acceptors (Lipinski definition) is 4. The van der Waals surface area contributed by atoms with Gasteiger partial charge in [0.1, 0.15) is 17.2 Å². The standard InChI is InChI=1S/C21H20FNO4/c1-21(2)12-18(25)16-11-15(7-9-19(16)27-21)23-20(26)10-8-17(24)13-3-5-14(22)6-4-13/h3-7,9,11H,8,10,12H2,1-2H3,(H,23,26). The van der Waals surface area contributed by atoms with E-state index in [-0.39, 0.29) is 36.7 Å². The first-order valence-corrected chi connectivity index (χ1v) is 8.68. The second-order valence-electron chi connectivity index (χ2n) is 7.15. The molecule has 0 unspecified atom stereocenters. The van der Waals surface area contributed by atoms with Gasteiger partial charge in [0.2, 0.25) is 5.91 Å². The van der Waals surface area contributed by atoms with Crippen LogP contribution in [0.25, 0.3) is 0 Å². The zero-order valence-electron chi connectivity index (χ0n) is 15.2. The number of ketones is 2. The molecule has 0 aromatic heterocycles. The Morgan fingerprint density at radius 1 is 1.11 bits per heavy atom. The molecule has 27 heavy (non-hydrogen) atoms. The van der Waals surface area contributed by atoms with Gasteiger partial charge in [-0.25, -0.2) is 4.39 Å². The SMILES string of the molecule is CC1(C)CC(=O)c2cc(NC(=O)CCC(=O)c3ccc(F)cc3)ccc2O1. The average Bonchev–Trinajstić information content (AvgIpc) is 2.60. The summed E-state index contributed by atoms with van der Waals surface area (Å²) in [6.07, 6.45) is 0.271. The molecule has 0 spiro atoms. The Morgan fingerprint density at radius 3 is 2.52 bits per heavy atom. The van der Waals surface area contributed by atoms with Gasteiger partial charge < -0.3 is 10.1 Å². The number of carbonyl (C=O) groups excluding carboxylic acids is 3. The van der Waals surface area contributed by atoms with Gasteiger partial charge in [-0.05, 0) is 56.3 Å². The van der Waals surface area contributed by atoms with Crippen molar-refractivity contribution in [3.8, 4) is 5.75 Å². The van der Waals surface area contributed by atoms with Gasteiger partial charge >= 0.3 is 0 Å². The predicted octanol–water partition coefficient (Wildman–Crippen LogP) is 4.17. The summed E-state index contributed by atoms with van der Waals surface area (Å²) in [5.41, 5.74) is 0.734. The molecule has 1 heterocycles. The van der Waals surface area contributed by atoms with Crippen molar-refractivity contribution in [2.45, 2.75) is 38.7 Å². The van der Waals surface area contributed by atoms with E-state index in [1.165, 1.54) is 24.3 Å². The molecule has 0 radical (unpaired) electrons. The first-order valence-electron chi connectivity index (χ1n) is 8.68. The molecule has 1 amide bonds. The van der Waals surface area contributed by atoms with E-state index in [1.807, 2.05) is 13.8 Å². The highest BCUT2D eigenvalue weighted by Gasteiger charge is 2.32. The minimum absolute atomic E-state index is 0.00915. The fourth-order valence-electron chi connectivity index (χ4n) is 2.96. The van der Waals surface area contributed by atoms with Crippen LogP contribution in [-0.4, -0.2) is 23.1 Å². The molecule has 1 aliphatic heterocycles. The number of ether oxygens (including phenoxy) is 1. The summed E-state index contributed by atoms with van der Waals surface area (Å²) < 4.78 is 18.7. The Kier molecular flexibility index (Phi) is 5.08. The van der Waals surface area contributed by atoms with E-state index in [9.17, 15) is 18.8 Å². The maximum atomic E-state index is 12.9. The van der Waals surface area contributed by atoms with Crippen molar-refractivity contribution in [3.05, 3.63) is 59.4 Å². The van der Waals surface area contributed by atoms with Gasteiger partial charge in [0.25, 0.3) is 0 Å². The molecule has 5 nitrogen and oxygen atoms in total. The topological polar surface area (TPSA) is 72.5 Å². The quantitative estimate of drug-likeness (QED) is 0.803. The number of amides is 1. The molecule has 1 aliphatic rings. The Bertz CT molecular complexity index is 903. The molecule has 6 heteroatoms. The van der Waals surface area contributed by atoms with Crippen LogP contribution in [0.4, 0.5) is 10.1 Å². The number of benzene rings is 2. The smallest absolute Gasteiger partial charge is 0.224 e. The number of Topliss-reactive ketones (excluding diaryl/α,β-unsaturated/α-hetero) is 2. The van der Waals surface area contributed by atoms with Crippen LogP contribution in [-0.2, 0) is 4.79 Å². The fraction of sp³-hybridized carbons (Fsp3) is 0.286. The second kappa shape index (κ2) is 7.31. The predicted molar refractivity (Wildman–Crippen MR) is 98.7 cm³/mol. The van der Waals surface area contributed by atoms with Crippen molar-refractivity contribution < 1.29 is 23.5 Å². The van der Waals surface area contributed by atoms with Crippen molar-refractivity contribution in [1.29, 1.82) is 0 Å². The van der Waals surface area contributed by atoms with Crippen LogP contribution in [0.5, 0.6) is 5.75 Å². The first-order chi connectivity index (χ1) is 12.7. The van der Waals surface area contributed by atoms with Gasteiger partial charge in [0.05, 0.1) is 12.0 Å². The number of hydrogen-bond donors (Lipinski definition) is 1. The van der Waals surface area contributed by atoms with Crippen LogP contribution < -0.4 is 10.1 Å². The molecule has 2 aromatic carbocycles. The molecule has 0 fully saturated rings. The van der Waals surface area contributed by atoms with Crippen LogP contribution >= 0.6 is 0 Å². The van der Waals surface area contributed by atoms with E-state index < -0.39 is 11.4 Å². The molecule has 2 aromatic rings. The third kappa shape index (κ3) is 4.58. The highest BCUT2D eigenvalue weighted by Crippen LogP contribution is 2.34. The van der Waals surface area contributed by atoms with Gasteiger partial charge in [0.15, 0.2) is 11.6 Å². The molecular formula is C21H20FNO4. The van der Waals surface area contributed by atoms with Crippen LogP contribution in [0.2, 0.25) is 0 Å². The molecule has 3 rings (SSSR count). The minimum Gasteiger partial charge on any atom is -0.487 e. The number of carbonyl (C=O) groups is 3. The zero-order valence-corrected chi connectivity index (χ0v) is 15.2. The van der Waals surface area contributed by atoms with Gasteiger partial charge in [0, 0.05) is 24.1 Å². The largest absolute Gasteiger partial charge is 0.487 e. The zero-order chi connectivity index (χ0) is 19.6. The van der Waals surface area contributed by atoms with Crippen molar-refractivity contribution in [3.63, 3.8) is 0 Å². The lowest BCUT2D eigenvalue weighted by Gasteiger charge is -2.31. The van der Waals surface area contributed by atoms with Gasteiger partial charge in [-0.3, -0.25) is 14.4 Å². The number of halogens is 1. The molecule has 0 saturated carbocycles. The van der Waals surface area contributed by atoms with E-state index in [0.29, 0.717) is 22.6 Å². The van der Waals surface area contributed by atoms with Crippen molar-refractivity contribution in [1.82, 2.24) is 0 Å². The lowest BCUT2D eigenvalue weighted by molar-refractivity contribution is -0.116. The number of rotatable bonds is 5. The molecule has 0 aliphatic carbocycles. The molecule has 0 bridgehead atoms. The summed E-state index contributed by atoms with van der Waals surface area (Å²) in [6.45, 7) is 3.70. The molecule has 0 atom stereocenters. The summed E-state index contributed by atoms with van der Waals surface area (Å²) in [5, 5.41) is 2.69. The maximum absolute atomic E-state index is 12.9. The Labute approximate surface area is 156 Å². The second-order valence-corrected chi connectivity index (χ2v) is 7.15. The molecule has 1 N–H and O–H groups in total. The summed E-state index contributed by atoms with van der Waals surface area (Å²) in [6, 6.07) is 10.1. The summed E-state index contributed by atoms with van der Waals surface area (Å²) in [5.74, 6) is -0.528. The Balaban J connectivity index is 1.60. The highest BCUT2D eigenvalue weighted by molar-refractivity contribution is 6.03. The Hall–Kier alpha value is -3.02. The third-order valence-electron chi connectivity index (χ3n) is 4.28. The van der Waals surface area contributed by atoms with Crippen LogP contribution in [0.15, 0.2) is 42.5 Å². The lowest BCUT2D eigenvalue weighted by atomic mass is 9.93. The summed E-state index contributed by atoms with van der Waals surface area (Å²) in [7, 11) is 0. The van der Waals surface area contributed by atoms with E-state index in [4.69, 9.17) is 4.74 Å². The lowest BCUT2D eigenvalue weighted by Crippen LogP contribution is -2.35. The minimum atomic E-state index is -0.546. The van der Waals surface area contributed by atoms with Crippen molar-refractivity contribution in [2.24, 2.45) is 0 Å². The Morgan fingerprint density at radius 2 is 1.81 bits per heavy atom. The fourth-order valence-corrected chi connectivity index (χ4v) is 2.96. The monoisotopic (exact) mass is 369 g/mol. The number of anilines is 1. The molecule has 140 valence electrons. The number of nitrogens with one attached hydrogen (secondary N) is 1. The van der Waals surface area contributed by atoms with E-state index in [0.717, 1.165) is 0 Å². The van der Waals surface area contributed by atoms with Gasteiger partial charge in [-0.2, -0.15) is 0 Å². The van der Waals surface area contributed by atoms with Crippen molar-refractivity contribution in [2.75, 3.05) is 5.32 Å². The number of fused-ring (bicyclic) bond motifs is 1. The van der Waals surface area contributed by atoms with Gasteiger partial charge in [-0.15, -0.1) is 0 Å². The van der Waals surface area contributed by atoms with Crippen LogP contribution in [0, 0.1) is 5.82 Å². The third-order valence-corrected chi connectivity index (χ3v) is 4.28.